The Labute approximate surface area is 200 Å². The van der Waals surface area contributed by atoms with Gasteiger partial charge in [0.1, 0.15) is 0 Å². The van der Waals surface area contributed by atoms with Crippen LogP contribution in [0.5, 0.6) is 0 Å². The number of hydrogen-bond acceptors (Lipinski definition) is 2. The number of carbonyl (C=O) groups excluding carboxylic acids is 2. The van der Waals surface area contributed by atoms with E-state index in [1.54, 1.807) is 0 Å². The van der Waals surface area contributed by atoms with Crippen LogP contribution in [0.25, 0.3) is 0 Å². The number of hydrogen-bond donors (Lipinski definition) is 0. The fraction of sp³-hybridized carbons (Fsp3) is 0.462. The summed E-state index contributed by atoms with van der Waals surface area (Å²) in [5.41, 5.74) is 6.79. The number of halogens is 1. The van der Waals surface area contributed by atoms with E-state index < -0.39 is 0 Å². The Hall–Kier alpha value is -1.89. The minimum absolute atomic E-state index is 0.0525. The highest BCUT2D eigenvalue weighted by Gasteiger charge is 2.33. The third kappa shape index (κ3) is 5.48. The maximum Gasteiger partial charge on any atom is 0.254 e. The van der Waals surface area contributed by atoms with E-state index in [1.165, 1.54) is 11.1 Å². The average Bonchev–Trinajstić information content (AvgIpc) is 2.77. The van der Waals surface area contributed by atoms with E-state index in [9.17, 15) is 9.59 Å². The van der Waals surface area contributed by atoms with Crippen molar-refractivity contribution in [2.24, 2.45) is 0 Å². The van der Waals surface area contributed by atoms with E-state index in [2.05, 4.69) is 60.7 Å². The summed E-state index contributed by atoms with van der Waals surface area (Å²) < 4.78 is 0.452. The molecule has 2 amide bonds. The number of rotatable bonds is 6. The predicted octanol–water partition coefficient (Wildman–Crippen LogP) is 5.28. The molecule has 1 aliphatic heterocycles. The van der Waals surface area contributed by atoms with Crippen molar-refractivity contribution < 1.29 is 9.59 Å². The van der Waals surface area contributed by atoms with Gasteiger partial charge in [0.15, 0.2) is 0 Å². The molecule has 0 bridgehead atoms. The molecule has 1 unspecified atom stereocenters. The number of carbonyl (C=O) groups is 2. The molecule has 0 saturated carbocycles. The quantitative estimate of drug-likeness (QED) is 0.376. The van der Waals surface area contributed by atoms with Gasteiger partial charge in [-0.1, -0.05) is 78.3 Å². The lowest BCUT2D eigenvalue weighted by Crippen LogP contribution is -2.52. The summed E-state index contributed by atoms with van der Waals surface area (Å²) in [4.78, 5) is 29.9. The first-order valence-electron chi connectivity index (χ1n) is 11.2. The minimum Gasteiger partial charge on any atom is -0.334 e. The molecule has 166 valence electrons. The fourth-order valence-corrected chi connectivity index (χ4v) is 5.04. The standard InChI is InChI=1S/C26H33IN2O2/c1-5-7-21-8-9-22(15-20(21)6-2)24-17-28(10-11-29(24)25(30)16-27)26(31)23-13-18(3)12-19(4)14-23/h8-9,12-15,24H,5-7,10-11,16-17H2,1-4H3. The Balaban J connectivity index is 1.93. The van der Waals surface area contributed by atoms with Crippen molar-refractivity contribution in [1.29, 1.82) is 0 Å². The highest BCUT2D eigenvalue weighted by molar-refractivity contribution is 14.1. The van der Waals surface area contributed by atoms with Gasteiger partial charge in [-0.15, -0.1) is 0 Å². The van der Waals surface area contributed by atoms with Crippen molar-refractivity contribution in [3.63, 3.8) is 0 Å². The maximum absolute atomic E-state index is 13.3. The molecule has 5 heteroatoms. The van der Waals surface area contributed by atoms with Crippen LogP contribution in [0.4, 0.5) is 0 Å². The van der Waals surface area contributed by atoms with Gasteiger partial charge >= 0.3 is 0 Å². The number of piperazine rings is 1. The first-order valence-corrected chi connectivity index (χ1v) is 12.7. The van der Waals surface area contributed by atoms with Gasteiger partial charge in [0.05, 0.1) is 10.5 Å². The van der Waals surface area contributed by atoms with Crippen LogP contribution in [0.15, 0.2) is 36.4 Å². The molecule has 2 aromatic carbocycles. The van der Waals surface area contributed by atoms with Gasteiger partial charge in [-0.05, 0) is 55.5 Å². The summed E-state index contributed by atoms with van der Waals surface area (Å²) in [5, 5.41) is 0. The number of amides is 2. The zero-order chi connectivity index (χ0) is 22.5. The Kier molecular flexibility index (Phi) is 8.14. The maximum atomic E-state index is 13.3. The smallest absolute Gasteiger partial charge is 0.254 e. The van der Waals surface area contributed by atoms with Crippen molar-refractivity contribution >= 4 is 34.4 Å². The van der Waals surface area contributed by atoms with Gasteiger partial charge in [-0.25, -0.2) is 0 Å². The lowest BCUT2D eigenvalue weighted by atomic mass is 9.93. The largest absolute Gasteiger partial charge is 0.334 e. The van der Waals surface area contributed by atoms with E-state index in [4.69, 9.17) is 0 Å². The fourth-order valence-electron chi connectivity index (χ4n) is 4.60. The van der Waals surface area contributed by atoms with Crippen molar-refractivity contribution in [2.75, 3.05) is 24.1 Å². The third-order valence-electron chi connectivity index (χ3n) is 6.09. The van der Waals surface area contributed by atoms with Gasteiger partial charge in [0.25, 0.3) is 5.91 Å². The summed E-state index contributed by atoms with van der Waals surface area (Å²) >= 11 is 2.14. The minimum atomic E-state index is -0.105. The zero-order valence-corrected chi connectivity index (χ0v) is 21.2. The van der Waals surface area contributed by atoms with E-state index >= 15 is 0 Å². The number of nitrogens with zero attached hydrogens (tertiary/aromatic N) is 2. The molecule has 1 aliphatic rings. The molecule has 2 aromatic rings. The van der Waals surface area contributed by atoms with Crippen LogP contribution in [0.1, 0.15) is 64.5 Å². The van der Waals surface area contributed by atoms with Crippen LogP contribution < -0.4 is 0 Å². The highest BCUT2D eigenvalue weighted by Crippen LogP contribution is 2.29. The van der Waals surface area contributed by atoms with Crippen LogP contribution in [0, 0.1) is 13.8 Å². The molecular formula is C26H33IN2O2. The summed E-state index contributed by atoms with van der Waals surface area (Å²) in [6.45, 7) is 10.1. The van der Waals surface area contributed by atoms with E-state index in [0.717, 1.165) is 41.5 Å². The van der Waals surface area contributed by atoms with Crippen molar-refractivity contribution in [3.05, 3.63) is 69.8 Å². The molecular weight excluding hydrogens is 499 g/mol. The van der Waals surface area contributed by atoms with Gasteiger partial charge in [0.2, 0.25) is 5.91 Å². The summed E-state index contributed by atoms with van der Waals surface area (Å²) in [5.74, 6) is 0.191. The number of aryl methyl sites for hydroxylation is 4. The third-order valence-corrected chi connectivity index (χ3v) is 6.74. The Morgan fingerprint density at radius 2 is 1.71 bits per heavy atom. The van der Waals surface area contributed by atoms with E-state index in [-0.39, 0.29) is 17.9 Å². The molecule has 0 spiro atoms. The van der Waals surface area contributed by atoms with Crippen LogP contribution in [-0.2, 0) is 17.6 Å². The van der Waals surface area contributed by atoms with Crippen LogP contribution >= 0.6 is 22.6 Å². The number of alkyl halides is 1. The molecule has 1 fully saturated rings. The first-order chi connectivity index (χ1) is 14.9. The lowest BCUT2D eigenvalue weighted by Gasteiger charge is -2.42. The zero-order valence-electron chi connectivity index (χ0n) is 19.1. The van der Waals surface area contributed by atoms with Crippen LogP contribution in [0.2, 0.25) is 0 Å². The van der Waals surface area contributed by atoms with Crippen LogP contribution in [0.3, 0.4) is 0 Å². The summed E-state index contributed by atoms with van der Waals surface area (Å²) in [7, 11) is 0. The molecule has 4 nitrogen and oxygen atoms in total. The van der Waals surface area contributed by atoms with Crippen molar-refractivity contribution in [1.82, 2.24) is 9.80 Å². The molecule has 1 heterocycles. The Bertz CT molecular complexity index is 936. The molecule has 0 aromatic heterocycles. The topological polar surface area (TPSA) is 40.6 Å². The van der Waals surface area contributed by atoms with Crippen molar-refractivity contribution in [3.8, 4) is 0 Å². The molecule has 1 atom stereocenters. The molecule has 0 aliphatic carbocycles. The van der Waals surface area contributed by atoms with Gasteiger partial charge < -0.3 is 9.80 Å². The van der Waals surface area contributed by atoms with E-state index in [0.29, 0.717) is 24.1 Å². The monoisotopic (exact) mass is 532 g/mol. The van der Waals surface area contributed by atoms with Crippen molar-refractivity contribution in [2.45, 2.75) is 53.0 Å². The SMILES string of the molecule is CCCc1ccc(C2CN(C(=O)c3cc(C)cc(C)c3)CCN2C(=O)CI)cc1CC. The molecule has 3 rings (SSSR count). The van der Waals surface area contributed by atoms with Gasteiger partial charge in [0, 0.05) is 25.2 Å². The van der Waals surface area contributed by atoms with E-state index in [1.807, 2.05) is 35.8 Å². The molecule has 0 N–H and O–H groups in total. The Morgan fingerprint density at radius 3 is 2.32 bits per heavy atom. The second-order valence-corrected chi connectivity index (χ2v) is 9.26. The summed E-state index contributed by atoms with van der Waals surface area (Å²) in [6, 6.07) is 12.5. The Morgan fingerprint density at radius 1 is 1.00 bits per heavy atom. The highest BCUT2D eigenvalue weighted by atomic mass is 127. The lowest BCUT2D eigenvalue weighted by molar-refractivity contribution is -0.132. The van der Waals surface area contributed by atoms with Gasteiger partial charge in [-0.2, -0.15) is 0 Å². The average molecular weight is 532 g/mol. The van der Waals surface area contributed by atoms with Crippen LogP contribution in [-0.4, -0.2) is 45.7 Å². The molecule has 0 radical (unpaired) electrons. The number of benzene rings is 2. The molecule has 1 saturated heterocycles. The normalized spacial score (nSPS) is 16.5. The second-order valence-electron chi connectivity index (χ2n) is 8.50. The molecule has 31 heavy (non-hydrogen) atoms. The predicted molar refractivity (Wildman–Crippen MR) is 135 cm³/mol. The van der Waals surface area contributed by atoms with Gasteiger partial charge in [-0.3, -0.25) is 9.59 Å². The first kappa shape index (κ1) is 23.8. The summed E-state index contributed by atoms with van der Waals surface area (Å²) in [6.07, 6.45) is 3.16. The second kappa shape index (κ2) is 10.6.